The van der Waals surface area contributed by atoms with Crippen LogP contribution in [-0.2, 0) is 4.79 Å². The molecule has 0 radical (unpaired) electrons. The summed E-state index contributed by atoms with van der Waals surface area (Å²) >= 11 is 0. The molecule has 1 amide bonds. The lowest BCUT2D eigenvalue weighted by molar-refractivity contribution is -0.127. The molecule has 0 unspecified atom stereocenters. The fraction of sp³-hybridized carbons (Fsp3) is 0.650. The molecule has 1 aliphatic rings. The minimum atomic E-state index is -0.483. The number of hydrogen-bond acceptors (Lipinski definition) is 4. The number of carbonyl (C=O) groups is 1. The maximum atomic E-state index is 12.3. The van der Waals surface area contributed by atoms with Crippen LogP contribution in [0, 0.1) is 0 Å². The molecular weight excluding hydrogens is 314 g/mol. The van der Waals surface area contributed by atoms with Crippen molar-refractivity contribution in [1.29, 1.82) is 0 Å². The average Bonchev–Trinajstić information content (AvgIpc) is 2.60. The topological polar surface area (TPSA) is 44.8 Å². The van der Waals surface area contributed by atoms with Crippen LogP contribution in [0.5, 0.6) is 5.75 Å². The van der Waals surface area contributed by atoms with Crippen molar-refractivity contribution in [1.82, 2.24) is 15.1 Å². The van der Waals surface area contributed by atoms with E-state index in [1.807, 2.05) is 25.1 Å². The molecule has 1 aromatic carbocycles. The molecule has 1 aromatic rings. The summed E-state index contributed by atoms with van der Waals surface area (Å²) in [6.45, 7) is 12.3. The Bertz CT molecular complexity index is 539. The van der Waals surface area contributed by atoms with Crippen LogP contribution in [0.15, 0.2) is 24.3 Å². The second kappa shape index (κ2) is 9.78. The highest BCUT2D eigenvalue weighted by atomic mass is 16.5. The molecule has 1 fully saturated rings. The Balaban J connectivity index is 1.70. The van der Waals surface area contributed by atoms with Gasteiger partial charge in [-0.1, -0.05) is 32.0 Å². The van der Waals surface area contributed by atoms with Crippen molar-refractivity contribution < 1.29 is 9.53 Å². The average molecular weight is 348 g/mol. The van der Waals surface area contributed by atoms with Crippen molar-refractivity contribution >= 4 is 5.91 Å². The van der Waals surface area contributed by atoms with Crippen molar-refractivity contribution in [3.05, 3.63) is 29.8 Å². The van der Waals surface area contributed by atoms with E-state index < -0.39 is 6.10 Å². The van der Waals surface area contributed by atoms with E-state index in [1.54, 1.807) is 0 Å². The molecule has 1 saturated heterocycles. The molecule has 25 heavy (non-hydrogen) atoms. The number of nitrogens with one attached hydrogen (secondary N) is 1. The molecule has 0 aliphatic carbocycles. The molecule has 0 spiro atoms. The van der Waals surface area contributed by atoms with Crippen LogP contribution >= 0.6 is 0 Å². The summed E-state index contributed by atoms with van der Waals surface area (Å²) in [6, 6.07) is 7.94. The number of carbonyl (C=O) groups excluding carboxylic acids is 1. The number of para-hydroxylation sites is 1. The summed E-state index contributed by atoms with van der Waals surface area (Å²) in [6.07, 6.45) is 0.494. The molecule has 0 bridgehead atoms. The van der Waals surface area contributed by atoms with Crippen LogP contribution < -0.4 is 10.1 Å². The molecule has 0 saturated carbocycles. The highest BCUT2D eigenvalue weighted by Gasteiger charge is 2.17. The van der Waals surface area contributed by atoms with Crippen molar-refractivity contribution in [3.63, 3.8) is 0 Å². The Hall–Kier alpha value is -1.59. The van der Waals surface area contributed by atoms with Crippen LogP contribution in [0.1, 0.15) is 38.7 Å². The van der Waals surface area contributed by atoms with Gasteiger partial charge in [0.25, 0.3) is 5.91 Å². The van der Waals surface area contributed by atoms with Crippen LogP contribution in [0.4, 0.5) is 0 Å². The van der Waals surface area contributed by atoms with Crippen LogP contribution in [0.2, 0.25) is 0 Å². The Labute approximate surface area is 152 Å². The normalized spacial score (nSPS) is 17.5. The van der Waals surface area contributed by atoms with Gasteiger partial charge in [0.15, 0.2) is 6.10 Å². The largest absolute Gasteiger partial charge is 0.481 e. The first-order valence-electron chi connectivity index (χ1n) is 9.41. The van der Waals surface area contributed by atoms with Gasteiger partial charge in [0, 0.05) is 32.7 Å². The maximum Gasteiger partial charge on any atom is 0.260 e. The monoisotopic (exact) mass is 347 g/mol. The lowest BCUT2D eigenvalue weighted by Gasteiger charge is -2.32. The van der Waals surface area contributed by atoms with Crippen molar-refractivity contribution in [2.75, 3.05) is 46.3 Å². The summed E-state index contributed by atoms with van der Waals surface area (Å²) in [4.78, 5) is 17.1. The van der Waals surface area contributed by atoms with Gasteiger partial charge in [-0.15, -0.1) is 0 Å². The fourth-order valence-electron chi connectivity index (χ4n) is 3.04. The van der Waals surface area contributed by atoms with Crippen molar-refractivity contribution in [2.24, 2.45) is 0 Å². The van der Waals surface area contributed by atoms with Gasteiger partial charge in [0.05, 0.1) is 0 Å². The predicted octanol–water partition coefficient (Wildman–Crippen LogP) is 2.33. The van der Waals surface area contributed by atoms with Gasteiger partial charge in [-0.25, -0.2) is 0 Å². The molecule has 2 rings (SSSR count). The molecule has 1 aliphatic heterocycles. The van der Waals surface area contributed by atoms with Crippen molar-refractivity contribution in [3.8, 4) is 5.75 Å². The van der Waals surface area contributed by atoms with E-state index in [-0.39, 0.29) is 5.91 Å². The third-order valence-electron chi connectivity index (χ3n) is 4.76. The Morgan fingerprint density at radius 3 is 2.52 bits per heavy atom. The smallest absolute Gasteiger partial charge is 0.260 e. The number of benzene rings is 1. The third kappa shape index (κ3) is 6.33. The molecule has 140 valence electrons. The van der Waals surface area contributed by atoms with Crippen LogP contribution in [0.3, 0.4) is 0 Å². The van der Waals surface area contributed by atoms with Gasteiger partial charge in [-0.3, -0.25) is 4.79 Å². The first-order valence-corrected chi connectivity index (χ1v) is 9.41. The number of nitrogens with zero attached hydrogens (tertiary/aromatic N) is 2. The number of amides is 1. The zero-order valence-electron chi connectivity index (χ0n) is 16.1. The maximum absolute atomic E-state index is 12.3. The SMILES string of the molecule is CC(C)c1ccccc1O[C@@H](C)C(=O)NCCCN1CCN(C)CC1. The van der Waals surface area contributed by atoms with E-state index in [2.05, 4.69) is 42.1 Å². The van der Waals surface area contributed by atoms with Gasteiger partial charge in [-0.2, -0.15) is 0 Å². The summed E-state index contributed by atoms with van der Waals surface area (Å²) in [7, 11) is 2.16. The van der Waals surface area contributed by atoms with Crippen LogP contribution in [-0.4, -0.2) is 68.1 Å². The minimum Gasteiger partial charge on any atom is -0.481 e. The number of piperazine rings is 1. The summed E-state index contributed by atoms with van der Waals surface area (Å²) < 4.78 is 5.90. The first-order chi connectivity index (χ1) is 12.0. The molecule has 1 atom stereocenters. The summed E-state index contributed by atoms with van der Waals surface area (Å²) in [5, 5.41) is 3.00. The number of ether oxygens (including phenoxy) is 1. The molecule has 5 heteroatoms. The molecule has 1 N–H and O–H groups in total. The molecule has 5 nitrogen and oxygen atoms in total. The summed E-state index contributed by atoms with van der Waals surface area (Å²) in [5.41, 5.74) is 1.14. The van der Waals surface area contributed by atoms with Gasteiger partial charge in [-0.05, 0) is 44.5 Å². The predicted molar refractivity (Wildman–Crippen MR) is 102 cm³/mol. The molecular formula is C20H33N3O2. The number of rotatable bonds is 8. The van der Waals surface area contributed by atoms with Gasteiger partial charge in [0.1, 0.15) is 5.75 Å². The van der Waals surface area contributed by atoms with Crippen molar-refractivity contribution in [2.45, 2.75) is 39.2 Å². The standard InChI is InChI=1S/C20H33N3O2/c1-16(2)18-8-5-6-9-19(18)25-17(3)20(24)21-10-7-11-23-14-12-22(4)13-15-23/h5-6,8-9,16-17H,7,10-15H2,1-4H3,(H,21,24)/t17-/m0/s1. The Kier molecular flexibility index (Phi) is 7.72. The zero-order valence-corrected chi connectivity index (χ0v) is 16.1. The number of hydrogen-bond donors (Lipinski definition) is 1. The van der Waals surface area contributed by atoms with E-state index in [0.717, 1.165) is 50.5 Å². The van der Waals surface area contributed by atoms with E-state index in [4.69, 9.17) is 4.74 Å². The zero-order chi connectivity index (χ0) is 18.2. The van der Waals surface area contributed by atoms with Gasteiger partial charge >= 0.3 is 0 Å². The summed E-state index contributed by atoms with van der Waals surface area (Å²) in [5.74, 6) is 1.13. The molecule has 1 heterocycles. The third-order valence-corrected chi connectivity index (χ3v) is 4.76. The number of likely N-dealkylation sites (N-methyl/N-ethyl adjacent to an activating group) is 1. The van der Waals surface area contributed by atoms with E-state index in [0.29, 0.717) is 12.5 Å². The van der Waals surface area contributed by atoms with E-state index in [9.17, 15) is 4.79 Å². The quantitative estimate of drug-likeness (QED) is 0.733. The van der Waals surface area contributed by atoms with E-state index >= 15 is 0 Å². The first kappa shape index (κ1) is 19.7. The minimum absolute atomic E-state index is 0.0445. The highest BCUT2D eigenvalue weighted by molar-refractivity contribution is 5.80. The Morgan fingerprint density at radius 1 is 1.16 bits per heavy atom. The lowest BCUT2D eigenvalue weighted by Crippen LogP contribution is -2.45. The Morgan fingerprint density at radius 2 is 1.84 bits per heavy atom. The van der Waals surface area contributed by atoms with Gasteiger partial charge < -0.3 is 19.9 Å². The van der Waals surface area contributed by atoms with Crippen LogP contribution in [0.25, 0.3) is 0 Å². The fourth-order valence-corrected chi connectivity index (χ4v) is 3.04. The molecule has 0 aromatic heterocycles. The van der Waals surface area contributed by atoms with E-state index in [1.165, 1.54) is 0 Å². The second-order valence-electron chi connectivity index (χ2n) is 7.24. The van der Waals surface area contributed by atoms with Gasteiger partial charge in [0.2, 0.25) is 0 Å². The highest BCUT2D eigenvalue weighted by Crippen LogP contribution is 2.26. The lowest BCUT2D eigenvalue weighted by atomic mass is 10.0. The second-order valence-corrected chi connectivity index (χ2v) is 7.24.